The van der Waals surface area contributed by atoms with Gasteiger partial charge in [-0.05, 0) is 25.5 Å². The summed E-state index contributed by atoms with van der Waals surface area (Å²) in [4.78, 5) is 11.5. The Balaban J connectivity index is 2.38. The van der Waals surface area contributed by atoms with E-state index in [2.05, 4.69) is 17.5 Å². The summed E-state index contributed by atoms with van der Waals surface area (Å²) in [5.74, 6) is 0.189. The lowest BCUT2D eigenvalue weighted by Gasteiger charge is -2.06. The Bertz CT molecular complexity index is 433. The molecule has 0 unspecified atom stereocenters. The summed E-state index contributed by atoms with van der Waals surface area (Å²) in [5, 5.41) is 4.44. The fourth-order valence-electron chi connectivity index (χ4n) is 1.31. The number of carbonyl (C=O) groups is 1. The molecule has 1 aromatic rings. The molecule has 4 nitrogen and oxygen atoms in total. The minimum Gasteiger partial charge on any atom is -0.482 e. The van der Waals surface area contributed by atoms with Gasteiger partial charge in [0.05, 0.1) is 5.02 Å². The predicted molar refractivity (Wildman–Crippen MR) is 73.1 cm³/mol. The van der Waals surface area contributed by atoms with Gasteiger partial charge in [0.15, 0.2) is 6.61 Å². The smallest absolute Gasteiger partial charge is 0.277 e. The van der Waals surface area contributed by atoms with E-state index >= 15 is 0 Å². The molecule has 0 aliphatic heterocycles. The van der Waals surface area contributed by atoms with E-state index in [1.54, 1.807) is 24.3 Å². The molecule has 0 aromatic heterocycles. The van der Waals surface area contributed by atoms with Crippen LogP contribution in [0.1, 0.15) is 26.7 Å². The van der Waals surface area contributed by atoms with Gasteiger partial charge in [-0.3, -0.25) is 4.79 Å². The lowest BCUT2D eigenvalue weighted by Crippen LogP contribution is -2.25. The van der Waals surface area contributed by atoms with Crippen LogP contribution in [0.2, 0.25) is 5.02 Å². The first-order valence-electron chi connectivity index (χ1n) is 5.82. The first-order chi connectivity index (χ1) is 8.63. The van der Waals surface area contributed by atoms with Gasteiger partial charge in [0.1, 0.15) is 5.75 Å². The highest BCUT2D eigenvalue weighted by Crippen LogP contribution is 2.22. The number of para-hydroxylation sites is 1. The Hall–Kier alpha value is -1.55. The minimum absolute atomic E-state index is 0.105. The third-order valence-electron chi connectivity index (χ3n) is 2.18. The molecule has 0 heterocycles. The van der Waals surface area contributed by atoms with E-state index in [0.717, 1.165) is 18.6 Å². The van der Waals surface area contributed by atoms with Crippen LogP contribution in [0.5, 0.6) is 5.75 Å². The number of hydrazone groups is 1. The van der Waals surface area contributed by atoms with Crippen molar-refractivity contribution in [1.29, 1.82) is 0 Å². The van der Waals surface area contributed by atoms with Crippen LogP contribution in [0.4, 0.5) is 0 Å². The Morgan fingerprint density at radius 3 is 2.83 bits per heavy atom. The molecule has 0 aliphatic carbocycles. The van der Waals surface area contributed by atoms with Gasteiger partial charge in [-0.15, -0.1) is 0 Å². The average molecular weight is 269 g/mol. The number of carbonyl (C=O) groups excluding carboxylic acids is 1. The number of nitrogens with zero attached hydrogens (tertiary/aromatic N) is 1. The van der Waals surface area contributed by atoms with Crippen molar-refractivity contribution in [2.45, 2.75) is 26.7 Å². The van der Waals surface area contributed by atoms with Crippen LogP contribution in [0.15, 0.2) is 29.4 Å². The lowest BCUT2D eigenvalue weighted by atomic mass is 10.2. The molecule has 1 amide bonds. The fourth-order valence-corrected chi connectivity index (χ4v) is 1.50. The van der Waals surface area contributed by atoms with Crippen molar-refractivity contribution in [3.05, 3.63) is 29.3 Å². The van der Waals surface area contributed by atoms with Crippen LogP contribution in [0.25, 0.3) is 0 Å². The van der Waals surface area contributed by atoms with Crippen LogP contribution >= 0.6 is 11.6 Å². The zero-order valence-electron chi connectivity index (χ0n) is 10.6. The molecule has 0 radical (unpaired) electrons. The minimum atomic E-state index is -0.301. The number of hydrogen-bond donors (Lipinski definition) is 1. The Kier molecular flexibility index (Phi) is 6.22. The van der Waals surface area contributed by atoms with E-state index in [9.17, 15) is 4.79 Å². The largest absolute Gasteiger partial charge is 0.482 e. The first-order valence-corrected chi connectivity index (χ1v) is 6.20. The summed E-state index contributed by atoms with van der Waals surface area (Å²) in [7, 11) is 0. The molecule has 0 atom stereocenters. The molecule has 1 aromatic carbocycles. The van der Waals surface area contributed by atoms with Gasteiger partial charge in [0, 0.05) is 5.71 Å². The molecule has 1 rings (SSSR count). The molecule has 98 valence electrons. The highest BCUT2D eigenvalue weighted by molar-refractivity contribution is 6.32. The van der Waals surface area contributed by atoms with Crippen molar-refractivity contribution in [2.75, 3.05) is 6.61 Å². The topological polar surface area (TPSA) is 50.7 Å². The van der Waals surface area contributed by atoms with E-state index < -0.39 is 0 Å². The lowest BCUT2D eigenvalue weighted by molar-refractivity contribution is -0.123. The van der Waals surface area contributed by atoms with E-state index in [0.29, 0.717) is 10.8 Å². The fraction of sp³-hybridized carbons (Fsp3) is 0.385. The third kappa shape index (κ3) is 5.19. The molecule has 0 saturated heterocycles. The maximum atomic E-state index is 11.5. The Morgan fingerprint density at radius 1 is 1.44 bits per heavy atom. The Morgan fingerprint density at radius 2 is 2.17 bits per heavy atom. The monoisotopic (exact) mass is 268 g/mol. The second-order valence-electron chi connectivity index (χ2n) is 3.85. The van der Waals surface area contributed by atoms with E-state index in [1.165, 1.54) is 0 Å². The summed E-state index contributed by atoms with van der Waals surface area (Å²) in [5.41, 5.74) is 3.33. The van der Waals surface area contributed by atoms with Gasteiger partial charge in [-0.2, -0.15) is 5.10 Å². The van der Waals surface area contributed by atoms with Crippen molar-refractivity contribution in [3.63, 3.8) is 0 Å². The number of amides is 1. The zero-order valence-corrected chi connectivity index (χ0v) is 11.3. The van der Waals surface area contributed by atoms with Crippen LogP contribution in [-0.2, 0) is 4.79 Å². The standard InChI is InChI=1S/C13H17ClN2O2/c1-3-6-10(2)15-16-13(17)9-18-12-8-5-4-7-11(12)14/h4-5,7-8H,3,6,9H2,1-2H3,(H,16,17)/b15-10+. The van der Waals surface area contributed by atoms with Gasteiger partial charge < -0.3 is 4.74 Å². The van der Waals surface area contributed by atoms with Gasteiger partial charge in [-0.1, -0.05) is 37.1 Å². The number of benzene rings is 1. The molecule has 0 saturated carbocycles. The van der Waals surface area contributed by atoms with E-state index in [-0.39, 0.29) is 12.5 Å². The van der Waals surface area contributed by atoms with Crippen LogP contribution < -0.4 is 10.2 Å². The number of hydrogen-bond acceptors (Lipinski definition) is 3. The van der Waals surface area contributed by atoms with Crippen molar-refractivity contribution < 1.29 is 9.53 Å². The van der Waals surface area contributed by atoms with Crippen molar-refractivity contribution in [1.82, 2.24) is 5.43 Å². The van der Waals surface area contributed by atoms with Crippen LogP contribution in [-0.4, -0.2) is 18.2 Å². The quantitative estimate of drug-likeness (QED) is 0.637. The average Bonchev–Trinajstić information content (AvgIpc) is 2.36. The van der Waals surface area contributed by atoms with Gasteiger partial charge >= 0.3 is 0 Å². The SMILES string of the molecule is CCC/C(C)=N/NC(=O)COc1ccccc1Cl. The van der Waals surface area contributed by atoms with Crippen molar-refractivity contribution >= 4 is 23.2 Å². The maximum Gasteiger partial charge on any atom is 0.277 e. The molecule has 5 heteroatoms. The number of rotatable bonds is 6. The summed E-state index contributed by atoms with van der Waals surface area (Å²) in [6, 6.07) is 7.01. The van der Waals surface area contributed by atoms with Crippen molar-refractivity contribution in [3.8, 4) is 5.75 Å². The number of ether oxygens (including phenoxy) is 1. The zero-order chi connectivity index (χ0) is 13.4. The summed E-state index contributed by atoms with van der Waals surface area (Å²) in [6.45, 7) is 3.83. The van der Waals surface area contributed by atoms with Crippen LogP contribution in [0.3, 0.4) is 0 Å². The summed E-state index contributed by atoms with van der Waals surface area (Å²) >= 11 is 5.89. The summed E-state index contributed by atoms with van der Waals surface area (Å²) in [6.07, 6.45) is 1.87. The highest BCUT2D eigenvalue weighted by atomic mass is 35.5. The molecule has 0 aliphatic rings. The molecule has 18 heavy (non-hydrogen) atoms. The molecule has 0 spiro atoms. The summed E-state index contributed by atoms with van der Waals surface area (Å²) < 4.78 is 5.28. The molecular formula is C13H17ClN2O2. The van der Waals surface area contributed by atoms with Gasteiger partial charge in [-0.25, -0.2) is 5.43 Å². The maximum absolute atomic E-state index is 11.5. The second-order valence-corrected chi connectivity index (χ2v) is 4.26. The van der Waals surface area contributed by atoms with Gasteiger partial charge in [0.2, 0.25) is 0 Å². The number of nitrogens with one attached hydrogen (secondary N) is 1. The molecule has 0 fully saturated rings. The molecule has 1 N–H and O–H groups in total. The van der Waals surface area contributed by atoms with Crippen molar-refractivity contribution in [2.24, 2.45) is 5.10 Å². The van der Waals surface area contributed by atoms with E-state index in [4.69, 9.17) is 16.3 Å². The predicted octanol–water partition coefficient (Wildman–Crippen LogP) is 3.01. The highest BCUT2D eigenvalue weighted by Gasteiger charge is 2.04. The third-order valence-corrected chi connectivity index (χ3v) is 2.49. The normalized spacial score (nSPS) is 11.2. The molecule has 0 bridgehead atoms. The molecular weight excluding hydrogens is 252 g/mol. The van der Waals surface area contributed by atoms with Gasteiger partial charge in [0.25, 0.3) is 5.91 Å². The Labute approximate surface area is 112 Å². The second kappa shape index (κ2) is 7.71. The first kappa shape index (κ1) is 14.5. The van der Waals surface area contributed by atoms with E-state index in [1.807, 2.05) is 6.92 Å². The van der Waals surface area contributed by atoms with Crippen LogP contribution in [0, 0.1) is 0 Å². The number of halogens is 1.